The Morgan fingerprint density at radius 1 is 1.15 bits per heavy atom. The van der Waals surface area contributed by atoms with Gasteiger partial charge in [-0.2, -0.15) is 0 Å². The SMILES string of the molecule is NC(=O)Nc1cccc(N2CCO[C@H]([C@@H](O)C(=O)Nc3ccc(-c4noc(=O)[nH]4)cc3)C2=O)c1. The van der Waals surface area contributed by atoms with Crippen molar-refractivity contribution >= 4 is 34.9 Å². The van der Waals surface area contributed by atoms with Crippen molar-refractivity contribution in [3.05, 3.63) is 59.1 Å². The Kier molecular flexibility index (Phi) is 6.38. The summed E-state index contributed by atoms with van der Waals surface area (Å²) in [5.41, 5.74) is 6.84. The van der Waals surface area contributed by atoms with E-state index in [0.717, 1.165) is 0 Å². The molecule has 176 valence electrons. The number of benzene rings is 2. The minimum Gasteiger partial charge on any atom is -0.380 e. The quantitative estimate of drug-likeness (QED) is 0.340. The Labute approximate surface area is 191 Å². The van der Waals surface area contributed by atoms with E-state index in [1.54, 1.807) is 36.4 Å². The number of nitrogens with two attached hydrogens (primary N) is 1. The molecule has 1 saturated heterocycles. The van der Waals surface area contributed by atoms with Gasteiger partial charge in [0.25, 0.3) is 11.8 Å². The first-order chi connectivity index (χ1) is 16.3. The van der Waals surface area contributed by atoms with Gasteiger partial charge in [0.05, 0.1) is 6.61 Å². The Balaban J connectivity index is 1.43. The smallest absolute Gasteiger partial charge is 0.380 e. The van der Waals surface area contributed by atoms with Crippen LogP contribution in [0.4, 0.5) is 21.9 Å². The lowest BCUT2D eigenvalue weighted by Crippen LogP contribution is -2.55. The van der Waals surface area contributed by atoms with Gasteiger partial charge in [-0.15, -0.1) is 0 Å². The van der Waals surface area contributed by atoms with Crippen molar-refractivity contribution < 1.29 is 28.8 Å². The third-order valence-corrected chi connectivity index (χ3v) is 4.97. The number of carbonyl (C=O) groups excluding carboxylic acids is 3. The van der Waals surface area contributed by atoms with Gasteiger partial charge in [0, 0.05) is 29.2 Å². The molecule has 0 radical (unpaired) electrons. The maximum absolute atomic E-state index is 13.0. The summed E-state index contributed by atoms with van der Waals surface area (Å²) in [7, 11) is 0. The highest BCUT2D eigenvalue weighted by Crippen LogP contribution is 2.24. The first-order valence-corrected chi connectivity index (χ1v) is 10.1. The number of primary amides is 1. The van der Waals surface area contributed by atoms with Crippen LogP contribution in [0.2, 0.25) is 0 Å². The number of H-pyrrole nitrogens is 1. The molecule has 0 saturated carbocycles. The molecule has 1 aliphatic heterocycles. The topological polar surface area (TPSA) is 193 Å². The van der Waals surface area contributed by atoms with Crippen molar-refractivity contribution in [2.75, 3.05) is 28.7 Å². The second-order valence-electron chi connectivity index (χ2n) is 7.28. The monoisotopic (exact) mass is 468 g/mol. The molecule has 2 atom stereocenters. The number of carbonyl (C=O) groups is 3. The predicted molar refractivity (Wildman–Crippen MR) is 119 cm³/mol. The van der Waals surface area contributed by atoms with Crippen LogP contribution in [-0.4, -0.2) is 58.5 Å². The zero-order valence-electron chi connectivity index (χ0n) is 17.6. The number of hydrogen-bond donors (Lipinski definition) is 5. The van der Waals surface area contributed by atoms with Gasteiger partial charge in [0.15, 0.2) is 18.0 Å². The van der Waals surface area contributed by atoms with Crippen LogP contribution in [0.25, 0.3) is 11.4 Å². The number of aromatic nitrogens is 2. The molecule has 13 nitrogen and oxygen atoms in total. The fourth-order valence-corrected chi connectivity index (χ4v) is 3.40. The highest BCUT2D eigenvalue weighted by atomic mass is 16.5. The third kappa shape index (κ3) is 4.95. The lowest BCUT2D eigenvalue weighted by atomic mass is 10.1. The predicted octanol–water partition coefficient (Wildman–Crippen LogP) is 0.252. The fourth-order valence-electron chi connectivity index (χ4n) is 3.40. The summed E-state index contributed by atoms with van der Waals surface area (Å²) in [6.07, 6.45) is -3.21. The molecule has 4 rings (SSSR count). The zero-order valence-corrected chi connectivity index (χ0v) is 17.6. The molecule has 0 unspecified atom stereocenters. The minimum absolute atomic E-state index is 0.0822. The fraction of sp³-hybridized carbons (Fsp3) is 0.190. The number of aromatic amines is 1. The van der Waals surface area contributed by atoms with Crippen LogP contribution >= 0.6 is 0 Å². The first kappa shape index (κ1) is 22.7. The number of morpholine rings is 1. The number of nitrogens with one attached hydrogen (secondary N) is 3. The Hall–Kier alpha value is -4.49. The summed E-state index contributed by atoms with van der Waals surface area (Å²) in [6.45, 7) is 0.272. The summed E-state index contributed by atoms with van der Waals surface area (Å²) >= 11 is 0. The van der Waals surface area contributed by atoms with Crippen LogP contribution < -0.4 is 27.0 Å². The van der Waals surface area contributed by atoms with E-state index in [1.807, 2.05) is 0 Å². The van der Waals surface area contributed by atoms with E-state index in [-0.39, 0.29) is 19.0 Å². The molecule has 0 bridgehead atoms. The van der Waals surface area contributed by atoms with E-state index in [9.17, 15) is 24.3 Å². The average molecular weight is 468 g/mol. The van der Waals surface area contributed by atoms with E-state index in [4.69, 9.17) is 10.5 Å². The zero-order chi connectivity index (χ0) is 24.2. The molecule has 3 aromatic rings. The highest BCUT2D eigenvalue weighted by Gasteiger charge is 2.39. The van der Waals surface area contributed by atoms with Crippen molar-refractivity contribution in [3.63, 3.8) is 0 Å². The van der Waals surface area contributed by atoms with Gasteiger partial charge >= 0.3 is 11.8 Å². The van der Waals surface area contributed by atoms with E-state index in [1.165, 1.54) is 17.0 Å². The largest absolute Gasteiger partial charge is 0.439 e. The molecule has 1 aromatic heterocycles. The van der Waals surface area contributed by atoms with E-state index < -0.39 is 35.8 Å². The Morgan fingerprint density at radius 3 is 2.59 bits per heavy atom. The minimum atomic E-state index is -1.78. The lowest BCUT2D eigenvalue weighted by Gasteiger charge is -2.34. The van der Waals surface area contributed by atoms with Crippen LogP contribution in [0.15, 0.2) is 57.8 Å². The summed E-state index contributed by atoms with van der Waals surface area (Å²) in [6, 6.07) is 11.9. The van der Waals surface area contributed by atoms with Crippen LogP contribution in [0.1, 0.15) is 0 Å². The summed E-state index contributed by atoms with van der Waals surface area (Å²) < 4.78 is 9.84. The molecule has 4 amide bonds. The van der Waals surface area contributed by atoms with Crippen molar-refractivity contribution in [1.82, 2.24) is 10.1 Å². The van der Waals surface area contributed by atoms with Gasteiger partial charge in [-0.05, 0) is 42.5 Å². The Morgan fingerprint density at radius 2 is 1.91 bits per heavy atom. The van der Waals surface area contributed by atoms with Crippen molar-refractivity contribution in [1.29, 1.82) is 0 Å². The van der Waals surface area contributed by atoms with Gasteiger partial charge in [-0.25, -0.2) is 9.59 Å². The number of ether oxygens (including phenoxy) is 1. The molecule has 1 aliphatic rings. The molecule has 0 aliphatic carbocycles. The lowest BCUT2D eigenvalue weighted by molar-refractivity contribution is -0.150. The van der Waals surface area contributed by atoms with Crippen LogP contribution in [0.5, 0.6) is 0 Å². The number of aliphatic hydroxyl groups excluding tert-OH is 1. The number of urea groups is 1. The van der Waals surface area contributed by atoms with Gasteiger partial charge in [0.1, 0.15) is 0 Å². The number of nitrogens with zero attached hydrogens (tertiary/aromatic N) is 2. The number of rotatable bonds is 6. The van der Waals surface area contributed by atoms with E-state index in [0.29, 0.717) is 22.6 Å². The molecule has 6 N–H and O–H groups in total. The highest BCUT2D eigenvalue weighted by molar-refractivity contribution is 6.04. The molecule has 0 spiro atoms. The maximum Gasteiger partial charge on any atom is 0.439 e. The summed E-state index contributed by atoms with van der Waals surface area (Å²) in [4.78, 5) is 51.5. The Bertz CT molecular complexity index is 1270. The second-order valence-corrected chi connectivity index (χ2v) is 7.28. The van der Waals surface area contributed by atoms with Crippen LogP contribution in [0, 0.1) is 0 Å². The number of amides is 4. The first-order valence-electron chi connectivity index (χ1n) is 10.1. The molecule has 2 aromatic carbocycles. The van der Waals surface area contributed by atoms with E-state index in [2.05, 4.69) is 25.3 Å². The second kappa shape index (κ2) is 9.56. The third-order valence-electron chi connectivity index (χ3n) is 4.97. The molecule has 2 heterocycles. The van der Waals surface area contributed by atoms with Gasteiger partial charge in [-0.1, -0.05) is 11.2 Å². The molecule has 1 fully saturated rings. The number of aliphatic hydroxyl groups is 1. The van der Waals surface area contributed by atoms with Crippen molar-refractivity contribution in [3.8, 4) is 11.4 Å². The average Bonchev–Trinajstić information content (AvgIpc) is 3.25. The van der Waals surface area contributed by atoms with Crippen molar-refractivity contribution in [2.24, 2.45) is 5.73 Å². The summed E-state index contributed by atoms with van der Waals surface area (Å²) in [5.74, 6) is -1.93. The molecular formula is C21H20N6O7. The number of hydrogen-bond acceptors (Lipinski definition) is 8. The van der Waals surface area contributed by atoms with Gasteiger partial charge in [0.2, 0.25) is 0 Å². The molecular weight excluding hydrogens is 448 g/mol. The van der Waals surface area contributed by atoms with Gasteiger partial charge < -0.3 is 31.1 Å². The normalized spacial score (nSPS) is 16.7. The molecule has 13 heteroatoms. The van der Waals surface area contributed by atoms with Crippen molar-refractivity contribution in [2.45, 2.75) is 12.2 Å². The van der Waals surface area contributed by atoms with Crippen LogP contribution in [0.3, 0.4) is 0 Å². The van der Waals surface area contributed by atoms with Crippen LogP contribution in [-0.2, 0) is 14.3 Å². The standard InChI is InChI=1S/C21H20N6O7/c22-20(31)24-13-2-1-3-14(10-13)27-8-9-33-16(19(27)30)15(28)18(29)23-12-6-4-11(5-7-12)17-25-21(32)34-26-17/h1-7,10,15-16,28H,8-9H2,(H,23,29)(H3,22,24,31)(H,25,26,32)/t15-,16-/m1/s1. The maximum atomic E-state index is 13.0. The van der Waals surface area contributed by atoms with E-state index >= 15 is 0 Å². The van der Waals surface area contributed by atoms with Gasteiger partial charge in [-0.3, -0.25) is 19.1 Å². The number of anilines is 3. The summed E-state index contributed by atoms with van der Waals surface area (Å²) in [5, 5.41) is 19.0. The molecule has 34 heavy (non-hydrogen) atoms.